The van der Waals surface area contributed by atoms with Crippen molar-refractivity contribution >= 4 is 39.0 Å². The van der Waals surface area contributed by atoms with Gasteiger partial charge in [0.05, 0.1) is 15.9 Å². The maximum Gasteiger partial charge on any atom is 0.105 e. The van der Waals surface area contributed by atoms with Gasteiger partial charge < -0.3 is 5.73 Å². The van der Waals surface area contributed by atoms with Crippen molar-refractivity contribution in [3.8, 4) is 0 Å². The molecule has 1 heterocycles. The largest absolute Gasteiger partial charge is 0.396 e. The van der Waals surface area contributed by atoms with Gasteiger partial charge in [0.2, 0.25) is 0 Å². The van der Waals surface area contributed by atoms with Crippen LogP contribution in [0.1, 0.15) is 17.5 Å². The zero-order chi connectivity index (χ0) is 13.5. The van der Waals surface area contributed by atoms with E-state index < -0.39 is 0 Å². The van der Waals surface area contributed by atoms with Crippen molar-refractivity contribution in [1.29, 1.82) is 0 Å². The number of rotatable bonds is 2. The summed E-state index contributed by atoms with van der Waals surface area (Å²) < 4.78 is 1.15. The number of fused-ring (bicyclic) bond motifs is 2. The van der Waals surface area contributed by atoms with Gasteiger partial charge in [0.15, 0.2) is 0 Å². The van der Waals surface area contributed by atoms with Gasteiger partial charge >= 0.3 is 0 Å². The normalized spacial score (nSPS) is 13.8. The minimum Gasteiger partial charge on any atom is -0.396 e. The molecule has 3 aromatic rings. The van der Waals surface area contributed by atoms with Crippen molar-refractivity contribution in [3.63, 3.8) is 0 Å². The Labute approximate surface area is 126 Å². The van der Waals surface area contributed by atoms with Crippen molar-refractivity contribution in [3.05, 3.63) is 47.0 Å². The number of anilines is 1. The molecule has 1 aromatic heterocycles. The third-order valence-electron chi connectivity index (χ3n) is 3.80. The van der Waals surface area contributed by atoms with E-state index in [0.717, 1.165) is 20.8 Å². The van der Waals surface area contributed by atoms with Crippen LogP contribution in [0.15, 0.2) is 45.6 Å². The summed E-state index contributed by atoms with van der Waals surface area (Å²) in [7, 11) is 0. The Bertz CT molecular complexity index is 792. The Hall–Kier alpha value is -1.52. The number of hydrogen-bond acceptors (Lipinski definition) is 4. The number of aryl methyl sites for hydroxylation is 2. The molecule has 0 atom stereocenters. The van der Waals surface area contributed by atoms with Crippen LogP contribution >= 0.6 is 23.1 Å². The molecule has 1 aliphatic rings. The van der Waals surface area contributed by atoms with Crippen molar-refractivity contribution in [2.24, 2.45) is 0 Å². The molecule has 0 aliphatic heterocycles. The minimum absolute atomic E-state index is 0.800. The lowest BCUT2D eigenvalue weighted by atomic mass is 10.1. The molecule has 0 radical (unpaired) electrons. The third-order valence-corrected chi connectivity index (χ3v) is 5.66. The van der Waals surface area contributed by atoms with Crippen LogP contribution in [0.3, 0.4) is 0 Å². The average Bonchev–Trinajstić information content (AvgIpc) is 3.10. The van der Waals surface area contributed by atoms with Crippen LogP contribution in [0.25, 0.3) is 10.2 Å². The number of nitrogens with two attached hydrogens (primary N) is 1. The zero-order valence-corrected chi connectivity index (χ0v) is 12.6. The molecule has 4 heteroatoms. The number of hydrogen-bond donors (Lipinski definition) is 1. The smallest absolute Gasteiger partial charge is 0.105 e. The summed E-state index contributed by atoms with van der Waals surface area (Å²) in [6.45, 7) is 0. The molecule has 2 N–H and O–H groups in total. The lowest BCUT2D eigenvalue weighted by Gasteiger charge is -2.07. The Morgan fingerprint density at radius 2 is 2.00 bits per heavy atom. The highest BCUT2D eigenvalue weighted by molar-refractivity contribution is 7.99. The fraction of sp³-hybridized carbons (Fsp3) is 0.188. The standard InChI is InChI=1S/C16H14N2S2/c17-15-13(6-7-14-16(15)18-9-19-14)20-12-5-4-10-2-1-3-11(10)8-12/h4-9H,1-3,17H2. The second-order valence-corrected chi connectivity index (χ2v) is 7.06. The van der Waals surface area contributed by atoms with Crippen molar-refractivity contribution < 1.29 is 0 Å². The van der Waals surface area contributed by atoms with E-state index in [2.05, 4.69) is 35.3 Å². The van der Waals surface area contributed by atoms with Crippen molar-refractivity contribution in [2.75, 3.05) is 5.73 Å². The van der Waals surface area contributed by atoms with E-state index >= 15 is 0 Å². The summed E-state index contributed by atoms with van der Waals surface area (Å²) in [5.41, 5.74) is 12.8. The summed E-state index contributed by atoms with van der Waals surface area (Å²) >= 11 is 3.37. The summed E-state index contributed by atoms with van der Waals surface area (Å²) in [6.07, 6.45) is 3.73. The number of benzene rings is 2. The van der Waals surface area contributed by atoms with Crippen LogP contribution in [0.2, 0.25) is 0 Å². The molecule has 100 valence electrons. The van der Waals surface area contributed by atoms with Crippen LogP contribution < -0.4 is 5.73 Å². The predicted molar refractivity (Wildman–Crippen MR) is 86.6 cm³/mol. The molecule has 0 spiro atoms. The van der Waals surface area contributed by atoms with Crippen LogP contribution in [-0.2, 0) is 12.8 Å². The van der Waals surface area contributed by atoms with Gasteiger partial charge in [-0.3, -0.25) is 0 Å². The summed E-state index contributed by atoms with van der Waals surface area (Å²) in [5, 5.41) is 0. The number of nitrogens with zero attached hydrogens (tertiary/aromatic N) is 1. The van der Waals surface area contributed by atoms with E-state index in [4.69, 9.17) is 5.73 Å². The Kier molecular flexibility index (Phi) is 2.93. The second-order valence-electron chi connectivity index (χ2n) is 5.06. The first-order valence-electron chi connectivity index (χ1n) is 6.72. The number of thiazole rings is 1. The molecule has 0 saturated carbocycles. The van der Waals surface area contributed by atoms with Crippen LogP contribution in [0.5, 0.6) is 0 Å². The topological polar surface area (TPSA) is 38.9 Å². The van der Waals surface area contributed by atoms with Crippen LogP contribution in [-0.4, -0.2) is 4.98 Å². The highest BCUT2D eigenvalue weighted by Gasteiger charge is 2.13. The van der Waals surface area contributed by atoms with Crippen LogP contribution in [0.4, 0.5) is 5.69 Å². The lowest BCUT2D eigenvalue weighted by molar-refractivity contribution is 0.911. The van der Waals surface area contributed by atoms with E-state index in [-0.39, 0.29) is 0 Å². The van der Waals surface area contributed by atoms with Crippen molar-refractivity contribution in [1.82, 2.24) is 4.98 Å². The Morgan fingerprint density at radius 3 is 2.95 bits per heavy atom. The monoisotopic (exact) mass is 298 g/mol. The van der Waals surface area contributed by atoms with Gasteiger partial charge in [0, 0.05) is 9.79 Å². The van der Waals surface area contributed by atoms with E-state index in [1.165, 1.54) is 35.3 Å². The molecule has 0 saturated heterocycles. The summed E-state index contributed by atoms with van der Waals surface area (Å²) in [5.74, 6) is 0. The van der Waals surface area contributed by atoms with Gasteiger partial charge in [-0.1, -0.05) is 17.8 Å². The zero-order valence-electron chi connectivity index (χ0n) is 10.9. The first-order chi connectivity index (χ1) is 9.81. The number of nitrogen functional groups attached to an aromatic ring is 1. The second kappa shape index (κ2) is 4.79. The predicted octanol–water partition coefficient (Wildman–Crippen LogP) is 4.52. The van der Waals surface area contributed by atoms with Gasteiger partial charge in [-0.05, 0) is 54.7 Å². The highest BCUT2D eigenvalue weighted by Crippen LogP contribution is 2.38. The average molecular weight is 298 g/mol. The third kappa shape index (κ3) is 2.00. The van der Waals surface area contributed by atoms with Crippen molar-refractivity contribution in [2.45, 2.75) is 29.1 Å². The van der Waals surface area contributed by atoms with E-state index in [9.17, 15) is 0 Å². The quantitative estimate of drug-likeness (QED) is 0.707. The Morgan fingerprint density at radius 1 is 1.10 bits per heavy atom. The first-order valence-corrected chi connectivity index (χ1v) is 8.42. The molecule has 2 aromatic carbocycles. The minimum atomic E-state index is 0.800. The fourth-order valence-corrected chi connectivity index (χ4v) is 4.39. The van der Waals surface area contributed by atoms with E-state index in [0.29, 0.717) is 0 Å². The molecule has 0 bridgehead atoms. The highest BCUT2D eigenvalue weighted by atomic mass is 32.2. The van der Waals surface area contributed by atoms with Gasteiger partial charge in [-0.25, -0.2) is 4.98 Å². The summed E-state index contributed by atoms with van der Waals surface area (Å²) in [4.78, 5) is 6.73. The van der Waals surface area contributed by atoms with E-state index in [1.807, 2.05) is 5.51 Å². The fourth-order valence-electron chi connectivity index (χ4n) is 2.76. The number of aromatic nitrogens is 1. The van der Waals surface area contributed by atoms with E-state index in [1.54, 1.807) is 23.1 Å². The molecular formula is C16H14N2S2. The van der Waals surface area contributed by atoms with Gasteiger partial charge in [-0.2, -0.15) is 0 Å². The maximum atomic E-state index is 6.25. The van der Waals surface area contributed by atoms with Gasteiger partial charge in [0.1, 0.15) is 5.52 Å². The molecule has 0 unspecified atom stereocenters. The summed E-state index contributed by atoms with van der Waals surface area (Å²) in [6, 6.07) is 11.0. The van der Waals surface area contributed by atoms with Gasteiger partial charge in [0.25, 0.3) is 0 Å². The molecule has 0 amide bonds. The molecule has 4 rings (SSSR count). The maximum absolute atomic E-state index is 6.25. The molecule has 20 heavy (non-hydrogen) atoms. The Balaban J connectivity index is 1.72. The lowest BCUT2D eigenvalue weighted by Crippen LogP contribution is -1.90. The molecule has 2 nitrogen and oxygen atoms in total. The molecule has 1 aliphatic carbocycles. The van der Waals surface area contributed by atoms with Crippen LogP contribution in [0, 0.1) is 0 Å². The first kappa shape index (κ1) is 12.2. The van der Waals surface area contributed by atoms with Gasteiger partial charge in [-0.15, -0.1) is 11.3 Å². The molecule has 0 fully saturated rings. The molecular weight excluding hydrogens is 284 g/mol. The SMILES string of the molecule is Nc1c(Sc2ccc3c(c2)CCC3)ccc2scnc12.